The summed E-state index contributed by atoms with van der Waals surface area (Å²) in [5.74, 6) is -1.40. The zero-order valence-corrected chi connectivity index (χ0v) is 16.0. The van der Waals surface area contributed by atoms with Crippen molar-refractivity contribution >= 4 is 27.4 Å². The average molecular weight is 394 g/mol. The third kappa shape index (κ3) is 3.02. The van der Waals surface area contributed by atoms with Crippen molar-refractivity contribution < 1.29 is 17.9 Å². The molecule has 2 aromatic rings. The molecule has 3 atom stereocenters. The molecule has 0 bridgehead atoms. The van der Waals surface area contributed by atoms with Crippen molar-refractivity contribution in [2.45, 2.75) is 35.4 Å². The van der Waals surface area contributed by atoms with E-state index in [0.29, 0.717) is 10.6 Å². The van der Waals surface area contributed by atoms with Gasteiger partial charge >= 0.3 is 5.97 Å². The lowest BCUT2D eigenvalue weighted by Crippen LogP contribution is -2.41. The largest absolute Gasteiger partial charge is 0.465 e. The van der Waals surface area contributed by atoms with Crippen molar-refractivity contribution in [2.24, 2.45) is 5.73 Å². The SMILES string of the molecule is CCOC(=O)C1(N)C(c2ccc(Cl)cc2)C1S(=O)(=O)c1ccc(C)cc1. The van der Waals surface area contributed by atoms with Crippen LogP contribution in [0, 0.1) is 6.92 Å². The predicted molar refractivity (Wildman–Crippen MR) is 99.9 cm³/mol. The number of sulfone groups is 1. The molecular weight excluding hydrogens is 374 g/mol. The fourth-order valence-electron chi connectivity index (χ4n) is 3.30. The summed E-state index contributed by atoms with van der Waals surface area (Å²) in [7, 11) is -3.82. The van der Waals surface area contributed by atoms with Crippen LogP contribution in [-0.4, -0.2) is 31.8 Å². The standard InChI is InChI=1S/C19H20ClNO4S/c1-3-25-18(22)19(21)16(13-6-8-14(20)9-7-13)17(19)26(23,24)15-10-4-12(2)5-11-15/h4-11,16-17H,3,21H2,1-2H3. The molecule has 26 heavy (non-hydrogen) atoms. The van der Waals surface area contributed by atoms with E-state index in [1.54, 1.807) is 43.3 Å². The van der Waals surface area contributed by atoms with Crippen molar-refractivity contribution in [3.8, 4) is 0 Å². The molecule has 0 radical (unpaired) electrons. The number of rotatable bonds is 5. The second-order valence-electron chi connectivity index (χ2n) is 6.46. The molecule has 0 heterocycles. The van der Waals surface area contributed by atoms with Crippen LogP contribution in [0.15, 0.2) is 53.4 Å². The Labute approximate surface area is 158 Å². The summed E-state index contributed by atoms with van der Waals surface area (Å²) in [6.07, 6.45) is 0. The van der Waals surface area contributed by atoms with Gasteiger partial charge in [0, 0.05) is 10.9 Å². The Balaban J connectivity index is 2.06. The number of ether oxygens (including phenoxy) is 1. The second kappa shape index (κ2) is 6.68. The molecule has 3 unspecified atom stereocenters. The van der Waals surface area contributed by atoms with Crippen molar-refractivity contribution in [2.75, 3.05) is 6.61 Å². The highest BCUT2D eigenvalue weighted by Crippen LogP contribution is 2.56. The number of carbonyl (C=O) groups is 1. The third-order valence-electron chi connectivity index (χ3n) is 4.72. The molecule has 2 N–H and O–H groups in total. The van der Waals surface area contributed by atoms with E-state index >= 15 is 0 Å². The normalized spacial score (nSPS) is 24.9. The highest BCUT2D eigenvalue weighted by Gasteiger charge is 2.74. The molecule has 1 saturated carbocycles. The summed E-state index contributed by atoms with van der Waals surface area (Å²) in [5, 5.41) is -0.566. The highest BCUT2D eigenvalue weighted by atomic mass is 35.5. The van der Waals surface area contributed by atoms with Crippen LogP contribution in [0.1, 0.15) is 24.0 Å². The fraction of sp³-hybridized carbons (Fsp3) is 0.316. The van der Waals surface area contributed by atoms with Crippen LogP contribution in [0.3, 0.4) is 0 Å². The van der Waals surface area contributed by atoms with Gasteiger partial charge in [-0.15, -0.1) is 0 Å². The maximum absolute atomic E-state index is 13.2. The minimum Gasteiger partial charge on any atom is -0.465 e. The lowest BCUT2D eigenvalue weighted by molar-refractivity contribution is -0.145. The molecule has 0 spiro atoms. The Morgan fingerprint density at radius 3 is 2.27 bits per heavy atom. The summed E-state index contributed by atoms with van der Waals surface area (Å²) < 4.78 is 31.4. The van der Waals surface area contributed by atoms with E-state index in [0.717, 1.165) is 5.56 Å². The molecule has 1 fully saturated rings. The van der Waals surface area contributed by atoms with Gasteiger partial charge in [-0.1, -0.05) is 41.4 Å². The van der Waals surface area contributed by atoms with Crippen LogP contribution in [0.2, 0.25) is 5.02 Å². The lowest BCUT2D eigenvalue weighted by atomic mass is 10.1. The molecule has 138 valence electrons. The molecule has 0 aliphatic heterocycles. The van der Waals surface area contributed by atoms with Crippen LogP contribution in [0.25, 0.3) is 0 Å². The zero-order valence-electron chi connectivity index (χ0n) is 14.5. The summed E-state index contributed by atoms with van der Waals surface area (Å²) in [5.41, 5.74) is 6.27. The molecule has 3 rings (SSSR count). The molecular formula is C19H20ClNO4S. The van der Waals surface area contributed by atoms with E-state index in [2.05, 4.69) is 0 Å². The first-order chi connectivity index (χ1) is 12.2. The zero-order chi connectivity index (χ0) is 19.1. The van der Waals surface area contributed by atoms with Crippen LogP contribution in [0.4, 0.5) is 0 Å². The van der Waals surface area contributed by atoms with Crippen LogP contribution in [-0.2, 0) is 19.4 Å². The van der Waals surface area contributed by atoms with Crippen molar-refractivity contribution in [3.63, 3.8) is 0 Å². The topological polar surface area (TPSA) is 86.5 Å². The number of carbonyl (C=O) groups excluding carboxylic acids is 1. The van der Waals surface area contributed by atoms with Crippen molar-refractivity contribution in [1.29, 1.82) is 0 Å². The van der Waals surface area contributed by atoms with Gasteiger partial charge in [0.15, 0.2) is 9.84 Å². The van der Waals surface area contributed by atoms with E-state index < -0.39 is 32.5 Å². The van der Waals surface area contributed by atoms with E-state index in [1.807, 2.05) is 6.92 Å². The summed E-state index contributed by atoms with van der Waals surface area (Å²) in [4.78, 5) is 12.6. The summed E-state index contributed by atoms with van der Waals surface area (Å²) in [6, 6.07) is 13.2. The van der Waals surface area contributed by atoms with E-state index in [1.165, 1.54) is 12.1 Å². The van der Waals surface area contributed by atoms with Gasteiger partial charge < -0.3 is 10.5 Å². The van der Waals surface area contributed by atoms with Gasteiger partial charge in [0.2, 0.25) is 0 Å². The number of halogens is 1. The first-order valence-electron chi connectivity index (χ1n) is 8.25. The monoisotopic (exact) mass is 393 g/mol. The number of benzene rings is 2. The average Bonchev–Trinajstić information content (AvgIpc) is 3.25. The first-order valence-corrected chi connectivity index (χ1v) is 10.2. The Hall–Kier alpha value is -1.89. The summed E-state index contributed by atoms with van der Waals surface area (Å²) in [6.45, 7) is 3.66. The Kier molecular flexibility index (Phi) is 4.86. The van der Waals surface area contributed by atoms with Gasteiger partial charge in [-0.05, 0) is 43.7 Å². The van der Waals surface area contributed by atoms with Crippen LogP contribution >= 0.6 is 11.6 Å². The first kappa shape index (κ1) is 18.9. The van der Waals surface area contributed by atoms with E-state index in [9.17, 15) is 13.2 Å². The molecule has 2 aromatic carbocycles. The predicted octanol–water partition coefficient (Wildman–Crippen LogP) is 2.85. The number of esters is 1. The Bertz CT molecular complexity index is 925. The molecule has 0 saturated heterocycles. The summed E-state index contributed by atoms with van der Waals surface area (Å²) >= 11 is 5.92. The smallest absolute Gasteiger partial charge is 0.328 e. The van der Waals surface area contributed by atoms with Gasteiger partial charge in [-0.3, -0.25) is 0 Å². The van der Waals surface area contributed by atoms with E-state index in [-0.39, 0.29) is 11.5 Å². The van der Waals surface area contributed by atoms with Gasteiger partial charge in [-0.2, -0.15) is 0 Å². The molecule has 1 aliphatic rings. The minimum absolute atomic E-state index is 0.127. The number of hydrogen-bond acceptors (Lipinski definition) is 5. The van der Waals surface area contributed by atoms with Crippen LogP contribution < -0.4 is 5.73 Å². The van der Waals surface area contributed by atoms with Crippen molar-refractivity contribution in [1.82, 2.24) is 0 Å². The molecule has 0 amide bonds. The lowest BCUT2D eigenvalue weighted by Gasteiger charge is -2.11. The maximum atomic E-state index is 13.2. The van der Waals surface area contributed by atoms with Gasteiger partial charge in [-0.25, -0.2) is 13.2 Å². The highest BCUT2D eigenvalue weighted by molar-refractivity contribution is 7.92. The second-order valence-corrected chi connectivity index (χ2v) is 8.97. The Morgan fingerprint density at radius 2 is 1.73 bits per heavy atom. The Morgan fingerprint density at radius 1 is 1.15 bits per heavy atom. The third-order valence-corrected chi connectivity index (χ3v) is 7.23. The molecule has 7 heteroatoms. The number of hydrogen-bond donors (Lipinski definition) is 1. The van der Waals surface area contributed by atoms with Gasteiger partial charge in [0.1, 0.15) is 10.8 Å². The maximum Gasteiger partial charge on any atom is 0.328 e. The van der Waals surface area contributed by atoms with Gasteiger partial charge in [0.05, 0.1) is 11.5 Å². The minimum atomic E-state index is -3.82. The van der Waals surface area contributed by atoms with Crippen molar-refractivity contribution in [3.05, 3.63) is 64.7 Å². The molecule has 1 aliphatic carbocycles. The van der Waals surface area contributed by atoms with E-state index in [4.69, 9.17) is 22.1 Å². The quantitative estimate of drug-likeness (QED) is 0.789. The van der Waals surface area contributed by atoms with Gasteiger partial charge in [0.25, 0.3) is 0 Å². The fourth-order valence-corrected chi connectivity index (χ4v) is 5.66. The number of nitrogens with two attached hydrogens (primary N) is 1. The molecule has 5 nitrogen and oxygen atoms in total. The molecule has 0 aromatic heterocycles. The number of aryl methyl sites for hydroxylation is 1. The van der Waals surface area contributed by atoms with Crippen LogP contribution in [0.5, 0.6) is 0 Å².